The minimum Gasteiger partial charge on any atom is -0.488 e. The van der Waals surface area contributed by atoms with Crippen LogP contribution in [0.2, 0.25) is 0 Å². The fourth-order valence-corrected chi connectivity index (χ4v) is 5.41. The van der Waals surface area contributed by atoms with Crippen LogP contribution in [-0.4, -0.2) is 30.5 Å². The van der Waals surface area contributed by atoms with Gasteiger partial charge >= 0.3 is 12.5 Å². The molecule has 1 N–H and O–H groups in total. The maximum atomic E-state index is 15.1. The molecule has 0 bridgehead atoms. The zero-order chi connectivity index (χ0) is 32.3. The van der Waals surface area contributed by atoms with Crippen LogP contribution >= 0.6 is 0 Å². The molecule has 3 aromatic rings. The predicted molar refractivity (Wildman–Crippen MR) is 146 cm³/mol. The molecule has 1 aliphatic rings. The van der Waals surface area contributed by atoms with Crippen molar-refractivity contribution >= 4 is 5.91 Å². The van der Waals surface area contributed by atoms with E-state index in [-0.39, 0.29) is 36.1 Å². The highest BCUT2D eigenvalue weighted by molar-refractivity contribution is 5.78. The fourth-order valence-electron chi connectivity index (χ4n) is 5.41. The van der Waals surface area contributed by atoms with Gasteiger partial charge in [-0.25, -0.2) is 17.6 Å². The normalized spacial score (nSPS) is 17.9. The van der Waals surface area contributed by atoms with E-state index in [1.807, 2.05) is 0 Å². The largest absolute Gasteiger partial charge is 0.488 e. The number of hydrogen-bond donors (Lipinski definition) is 1. The van der Waals surface area contributed by atoms with Gasteiger partial charge in [0.05, 0.1) is 11.6 Å². The Hall–Kier alpha value is -3.83. The van der Waals surface area contributed by atoms with Gasteiger partial charge in [0.25, 0.3) is 0 Å². The monoisotopic (exact) mass is 629 g/mol. The lowest BCUT2D eigenvalue weighted by atomic mass is 9.77. The quantitative estimate of drug-likeness (QED) is 0.205. The summed E-state index contributed by atoms with van der Waals surface area (Å²) < 4.78 is 121. The Labute approximate surface area is 249 Å². The lowest BCUT2D eigenvalue weighted by Gasteiger charge is -2.37. The molecule has 0 aliphatic heterocycles. The molecule has 0 radical (unpaired) electrons. The minimum atomic E-state index is -4.97. The number of benzene rings is 3. The second-order valence-corrected chi connectivity index (χ2v) is 11.2. The summed E-state index contributed by atoms with van der Waals surface area (Å²) in [6.07, 6.45) is -11.1. The molecule has 1 fully saturated rings. The maximum absolute atomic E-state index is 15.1. The standard InChI is InChI=1S/C32H31F8NO3/c1-19(2)43-27-15-22(8-9-26(27)34)31(18-20-6-4-3-5-7-20,41-28(42)12-21-10-11-30(37,38)17-21)23-13-24(33)16-25(14-23)44-32(39,40)29(35)36/h3-9,13-16,19,21,29H,10-12,17-18H2,1-2H3,(H,41,42)/t21-,31-/m1/s1. The third kappa shape index (κ3) is 8.00. The van der Waals surface area contributed by atoms with E-state index in [4.69, 9.17) is 4.74 Å². The highest BCUT2D eigenvalue weighted by atomic mass is 19.3. The third-order valence-electron chi connectivity index (χ3n) is 7.30. The number of ether oxygens (including phenoxy) is 2. The van der Waals surface area contributed by atoms with E-state index in [0.29, 0.717) is 11.6 Å². The minimum absolute atomic E-state index is 0.0791. The van der Waals surface area contributed by atoms with Crippen LogP contribution in [-0.2, 0) is 16.8 Å². The first-order valence-electron chi connectivity index (χ1n) is 13.9. The Morgan fingerprint density at radius 3 is 2.32 bits per heavy atom. The Bertz CT molecular complexity index is 1450. The summed E-state index contributed by atoms with van der Waals surface area (Å²) in [6, 6.07) is 14.2. The number of carbonyl (C=O) groups excluding carboxylic acids is 1. The molecule has 0 aromatic heterocycles. The second-order valence-electron chi connectivity index (χ2n) is 11.2. The van der Waals surface area contributed by atoms with Crippen LogP contribution in [0.15, 0.2) is 66.7 Å². The van der Waals surface area contributed by atoms with E-state index in [9.17, 15) is 35.5 Å². The van der Waals surface area contributed by atoms with Crippen LogP contribution in [0.3, 0.4) is 0 Å². The van der Waals surface area contributed by atoms with Crippen molar-refractivity contribution in [1.82, 2.24) is 5.32 Å². The fraction of sp³-hybridized carbons (Fsp3) is 0.406. The summed E-state index contributed by atoms with van der Waals surface area (Å²) in [5.74, 6) is -7.48. The van der Waals surface area contributed by atoms with E-state index >= 15 is 4.39 Å². The molecule has 1 aliphatic carbocycles. The first kappa shape index (κ1) is 33.1. The average Bonchev–Trinajstić information content (AvgIpc) is 3.26. The number of nitrogens with one attached hydrogen (secondary N) is 1. The smallest absolute Gasteiger partial charge is 0.461 e. The molecule has 238 valence electrons. The van der Waals surface area contributed by atoms with Crippen molar-refractivity contribution in [3.05, 3.63) is 95.1 Å². The Morgan fingerprint density at radius 1 is 1.00 bits per heavy atom. The molecule has 2 atom stereocenters. The SMILES string of the molecule is CC(C)Oc1cc([C@@](Cc2ccccc2)(NC(=O)C[C@H]2CCC(F)(F)C2)c2cc(F)cc(OC(F)(F)C(F)F)c2)ccc1F. The average molecular weight is 630 g/mol. The van der Waals surface area contributed by atoms with Crippen LogP contribution in [0.1, 0.15) is 56.2 Å². The third-order valence-corrected chi connectivity index (χ3v) is 7.30. The van der Waals surface area contributed by atoms with Crippen LogP contribution in [0.25, 0.3) is 0 Å². The molecule has 44 heavy (non-hydrogen) atoms. The molecule has 0 unspecified atom stereocenters. The number of rotatable bonds is 12. The van der Waals surface area contributed by atoms with Crippen molar-refractivity contribution in [1.29, 1.82) is 0 Å². The number of halogens is 8. The van der Waals surface area contributed by atoms with E-state index in [1.54, 1.807) is 44.2 Å². The zero-order valence-corrected chi connectivity index (χ0v) is 23.9. The molecular weight excluding hydrogens is 598 g/mol. The van der Waals surface area contributed by atoms with Gasteiger partial charge in [-0.1, -0.05) is 36.4 Å². The van der Waals surface area contributed by atoms with Crippen molar-refractivity contribution in [2.24, 2.45) is 5.92 Å². The van der Waals surface area contributed by atoms with Crippen molar-refractivity contribution in [2.75, 3.05) is 0 Å². The van der Waals surface area contributed by atoms with Crippen LogP contribution in [0, 0.1) is 17.6 Å². The molecule has 4 rings (SSSR count). The van der Waals surface area contributed by atoms with Crippen LogP contribution in [0.5, 0.6) is 11.5 Å². The van der Waals surface area contributed by atoms with Gasteiger partial charge in [0.15, 0.2) is 11.6 Å². The molecular formula is C32H31F8NO3. The van der Waals surface area contributed by atoms with E-state index < -0.39 is 72.2 Å². The summed E-state index contributed by atoms with van der Waals surface area (Å²) >= 11 is 0. The molecule has 0 spiro atoms. The Morgan fingerprint density at radius 2 is 1.70 bits per heavy atom. The number of amides is 1. The predicted octanol–water partition coefficient (Wildman–Crippen LogP) is 8.42. The summed E-state index contributed by atoms with van der Waals surface area (Å²) in [7, 11) is 0. The number of alkyl halides is 6. The highest BCUT2D eigenvalue weighted by Gasteiger charge is 2.45. The summed E-state index contributed by atoms with van der Waals surface area (Å²) in [5.41, 5.74) is -1.43. The van der Waals surface area contributed by atoms with Gasteiger partial charge in [0.1, 0.15) is 11.6 Å². The van der Waals surface area contributed by atoms with E-state index in [1.165, 1.54) is 12.1 Å². The van der Waals surface area contributed by atoms with Gasteiger partial charge in [-0.3, -0.25) is 4.79 Å². The summed E-state index contributed by atoms with van der Waals surface area (Å²) in [4.78, 5) is 13.6. The molecule has 1 amide bonds. The lowest BCUT2D eigenvalue weighted by Crippen LogP contribution is -2.49. The zero-order valence-electron chi connectivity index (χ0n) is 23.9. The van der Waals surface area contributed by atoms with E-state index in [2.05, 4.69) is 10.1 Å². The molecule has 0 heterocycles. The van der Waals surface area contributed by atoms with Gasteiger partial charge in [0.2, 0.25) is 11.8 Å². The summed E-state index contributed by atoms with van der Waals surface area (Å²) in [5, 5.41) is 2.79. The summed E-state index contributed by atoms with van der Waals surface area (Å²) in [6.45, 7) is 3.28. The molecule has 4 nitrogen and oxygen atoms in total. The molecule has 1 saturated carbocycles. The lowest BCUT2D eigenvalue weighted by molar-refractivity contribution is -0.253. The van der Waals surface area contributed by atoms with Gasteiger partial charge in [-0.2, -0.15) is 17.6 Å². The van der Waals surface area contributed by atoms with Gasteiger partial charge in [-0.05, 0) is 67.1 Å². The van der Waals surface area contributed by atoms with Crippen molar-refractivity contribution in [3.8, 4) is 11.5 Å². The maximum Gasteiger partial charge on any atom is 0.461 e. The Balaban J connectivity index is 1.91. The molecule has 3 aromatic carbocycles. The van der Waals surface area contributed by atoms with Gasteiger partial charge in [0, 0.05) is 31.7 Å². The second kappa shape index (κ2) is 13.0. The van der Waals surface area contributed by atoms with Crippen molar-refractivity contribution < 1.29 is 49.4 Å². The van der Waals surface area contributed by atoms with Gasteiger partial charge in [-0.15, -0.1) is 0 Å². The van der Waals surface area contributed by atoms with E-state index in [0.717, 1.165) is 18.2 Å². The Kier molecular flexibility index (Phi) is 9.80. The molecule has 0 saturated heterocycles. The van der Waals surface area contributed by atoms with Crippen molar-refractivity contribution in [2.45, 2.75) is 76.1 Å². The topological polar surface area (TPSA) is 47.6 Å². The van der Waals surface area contributed by atoms with Gasteiger partial charge < -0.3 is 14.8 Å². The van der Waals surface area contributed by atoms with Crippen molar-refractivity contribution in [3.63, 3.8) is 0 Å². The first-order chi connectivity index (χ1) is 20.6. The number of hydrogen-bond acceptors (Lipinski definition) is 3. The number of carbonyl (C=O) groups is 1. The highest BCUT2D eigenvalue weighted by Crippen LogP contribution is 2.42. The molecule has 12 heteroatoms. The first-order valence-corrected chi connectivity index (χ1v) is 13.9. The van der Waals surface area contributed by atoms with Crippen LogP contribution in [0.4, 0.5) is 35.1 Å². The van der Waals surface area contributed by atoms with Crippen LogP contribution < -0.4 is 14.8 Å².